The van der Waals surface area contributed by atoms with E-state index in [-0.39, 0.29) is 12.3 Å². The van der Waals surface area contributed by atoms with Crippen LogP contribution >= 0.6 is 15.9 Å². The van der Waals surface area contributed by atoms with Crippen LogP contribution in [0, 0.1) is 35.3 Å². The van der Waals surface area contributed by atoms with Gasteiger partial charge in [0, 0.05) is 135 Å². The molecule has 19 nitrogen and oxygen atoms in total. The number of nitrogens with one attached hydrogen (secondary N) is 4. The first-order valence-electron chi connectivity index (χ1n) is 28.8. The molecule has 0 aliphatic carbocycles. The van der Waals surface area contributed by atoms with Gasteiger partial charge in [0.2, 0.25) is 35.5 Å². The van der Waals surface area contributed by atoms with Crippen LogP contribution in [0.3, 0.4) is 0 Å². The molecule has 0 aliphatic heterocycles. The number of H-pyrrole nitrogens is 3. The van der Waals surface area contributed by atoms with Crippen LogP contribution in [0.1, 0.15) is 87.9 Å². The summed E-state index contributed by atoms with van der Waals surface area (Å²) in [6.45, 7) is 0. The van der Waals surface area contributed by atoms with Crippen LogP contribution in [0.5, 0.6) is 17.6 Å². The van der Waals surface area contributed by atoms with Gasteiger partial charge in [0.05, 0.1) is 58.2 Å². The highest BCUT2D eigenvalue weighted by molar-refractivity contribution is 9.10. The number of carbonyl (C=O) groups excluding carboxylic acids is 2. The number of aromatic nitrogens is 12. The van der Waals surface area contributed by atoms with Gasteiger partial charge in [-0.25, -0.2) is 62.8 Å². The lowest BCUT2D eigenvalue weighted by Gasteiger charge is -2.08. The highest BCUT2D eigenvalue weighted by Crippen LogP contribution is 2.28. The minimum atomic E-state index is -0.585. The summed E-state index contributed by atoms with van der Waals surface area (Å²) in [5, 5.41) is 4.96. The molecule has 93 heavy (non-hydrogen) atoms. The second kappa shape index (κ2) is 30.0. The van der Waals surface area contributed by atoms with Crippen LogP contribution in [0.4, 0.5) is 26.3 Å². The van der Waals surface area contributed by atoms with Gasteiger partial charge in [0.1, 0.15) is 34.4 Å². The van der Waals surface area contributed by atoms with E-state index in [1.54, 1.807) is 74.2 Å². The molecule has 12 aromatic rings. The Kier molecular flexibility index (Phi) is 21.1. The number of nitrogens with zero attached hydrogens (tertiary/aromatic N) is 9. The Morgan fingerprint density at radius 2 is 0.785 bits per heavy atom. The zero-order chi connectivity index (χ0) is 65.7. The Bertz CT molecular complexity index is 4480. The number of amides is 1. The highest BCUT2D eigenvalue weighted by Gasteiger charge is 2.19. The molecular weight excluding hydrogens is 1280 g/mol. The first-order chi connectivity index (χ1) is 45.0. The van der Waals surface area contributed by atoms with Gasteiger partial charge in [0.15, 0.2) is 0 Å². The molecule has 0 bridgehead atoms. The third kappa shape index (κ3) is 16.1. The van der Waals surface area contributed by atoms with Crippen molar-refractivity contribution >= 4 is 60.9 Å². The summed E-state index contributed by atoms with van der Waals surface area (Å²) in [5.74, 6) is -2.71. The van der Waals surface area contributed by atoms with Crippen LogP contribution in [-0.2, 0) is 62.5 Å². The molecule has 12 heterocycles. The number of rotatable bonds is 20. The van der Waals surface area contributed by atoms with Gasteiger partial charge in [-0.15, -0.1) is 0 Å². The first kappa shape index (κ1) is 65.3. The van der Waals surface area contributed by atoms with Crippen molar-refractivity contribution in [2.45, 2.75) is 57.8 Å². The van der Waals surface area contributed by atoms with Crippen molar-refractivity contribution < 1.29 is 54.9 Å². The van der Waals surface area contributed by atoms with Crippen LogP contribution in [0.15, 0.2) is 133 Å². The number of hydrogen-bond acceptors (Lipinski definition) is 15. The van der Waals surface area contributed by atoms with E-state index in [0.717, 1.165) is 56.2 Å². The molecule has 26 heteroatoms. The number of pyridine rings is 9. The normalized spacial score (nSPS) is 11.1. The number of aryl methyl sites for hydroxylation is 6. The molecule has 0 saturated carbocycles. The molecular formula is C67H58BrF6N13O6. The number of halogens is 7. The molecule has 0 aromatic carbocycles. The van der Waals surface area contributed by atoms with E-state index in [0.29, 0.717) is 147 Å². The lowest BCUT2D eigenvalue weighted by molar-refractivity contribution is 0.0600. The summed E-state index contributed by atoms with van der Waals surface area (Å²) < 4.78 is 106. The van der Waals surface area contributed by atoms with E-state index in [9.17, 15) is 35.9 Å². The van der Waals surface area contributed by atoms with E-state index < -0.39 is 41.3 Å². The number of carbonyl (C=O) groups is 2. The van der Waals surface area contributed by atoms with Crippen molar-refractivity contribution in [2.75, 3.05) is 35.5 Å². The Balaban J connectivity index is 0.000000153. The van der Waals surface area contributed by atoms with E-state index in [4.69, 9.17) is 18.9 Å². The Morgan fingerprint density at radius 1 is 0.430 bits per heavy atom. The number of hydrogen-bond donors (Lipinski definition) is 4. The third-order valence-electron chi connectivity index (χ3n) is 15.0. The number of ether oxygens (including phenoxy) is 4. The SMILES string of the molecule is CNC(=O)c1cnc2[nH]cc(Cc3ccc(CCc4cc(F)cnc4OC)nc3F)c2c1.COC(=O)c1cnc2[nH]cc(Cc3ccc(CCc4cc(F)cnc4OC)nc3F)c2c1.COc1ncc(F)cc1CCc1ccc(Cc2c[nH]c3ncc(Br)cc23)c(F)n1. The van der Waals surface area contributed by atoms with E-state index >= 15 is 0 Å². The molecule has 4 N–H and O–H groups in total. The lowest BCUT2D eigenvalue weighted by Crippen LogP contribution is -2.17. The van der Waals surface area contributed by atoms with Gasteiger partial charge in [-0.3, -0.25) is 4.79 Å². The van der Waals surface area contributed by atoms with E-state index in [2.05, 4.69) is 81.1 Å². The number of fused-ring (bicyclic) bond motifs is 3. The molecule has 0 aliphatic rings. The summed E-state index contributed by atoms with van der Waals surface area (Å²) in [7, 11) is 7.26. The number of aromatic amines is 3. The highest BCUT2D eigenvalue weighted by atomic mass is 79.9. The quantitative estimate of drug-likeness (QED) is 0.0315. The van der Waals surface area contributed by atoms with Crippen molar-refractivity contribution in [2.24, 2.45) is 0 Å². The molecule has 0 radical (unpaired) electrons. The molecule has 0 fully saturated rings. The molecule has 12 aromatic heterocycles. The molecule has 0 saturated heterocycles. The fourth-order valence-electron chi connectivity index (χ4n) is 10.3. The van der Waals surface area contributed by atoms with Crippen LogP contribution < -0.4 is 19.5 Å². The summed E-state index contributed by atoms with van der Waals surface area (Å²) >= 11 is 3.41. The fourth-order valence-corrected chi connectivity index (χ4v) is 10.6. The van der Waals surface area contributed by atoms with Gasteiger partial charge in [-0.1, -0.05) is 18.2 Å². The van der Waals surface area contributed by atoms with Crippen molar-refractivity contribution in [3.63, 3.8) is 0 Å². The third-order valence-corrected chi connectivity index (χ3v) is 15.5. The van der Waals surface area contributed by atoms with E-state index in [1.807, 2.05) is 12.3 Å². The van der Waals surface area contributed by atoms with Gasteiger partial charge >= 0.3 is 5.97 Å². The Labute approximate surface area is 536 Å². The number of esters is 1. The predicted molar refractivity (Wildman–Crippen MR) is 336 cm³/mol. The zero-order valence-electron chi connectivity index (χ0n) is 50.6. The summed E-state index contributed by atoms with van der Waals surface area (Å²) in [6.07, 6.45) is 16.7. The average molecular weight is 1340 g/mol. The maximum absolute atomic E-state index is 14.7. The van der Waals surface area contributed by atoms with Crippen molar-refractivity contribution in [1.82, 2.24) is 65.1 Å². The zero-order valence-corrected chi connectivity index (χ0v) is 52.2. The van der Waals surface area contributed by atoms with Gasteiger partial charge in [0.25, 0.3) is 5.91 Å². The summed E-state index contributed by atoms with van der Waals surface area (Å²) in [4.78, 5) is 69.6. The number of methoxy groups -OCH3 is 4. The van der Waals surface area contributed by atoms with Crippen LogP contribution in [0.25, 0.3) is 33.1 Å². The standard InChI is InChI=1S/C23H21F2N5O2.C23H20F2N4O3.C21H17BrF2N4O/c1-26-22(31)16-9-19-15(10-27-21(19)28-11-16)7-13-3-5-18(30-20(13)25)6-4-14-8-17(24)12-29-23(14)32-2;1-31-22-14(8-17(24)12-28-22)4-6-18-5-3-13(20(25)29-18)7-15-10-26-21-19(15)9-16(11-27-21)23(30)32-2;1-29-21-13(7-16(23)11-27-21)3-5-17-4-2-12(19(24)28-17)6-14-9-25-20-18(14)8-15(22)10-26-20/h3,5,8-12H,4,6-7H2,1-2H3,(H,26,31)(H,27,28);3,5,8-12H,4,6-7H2,1-2H3,(H,26,27);2,4,7-11H,3,5-6H2,1H3,(H,25,26). The summed E-state index contributed by atoms with van der Waals surface area (Å²) in [5.41, 5.74) is 10.0. The van der Waals surface area contributed by atoms with Crippen molar-refractivity contribution in [3.05, 3.63) is 247 Å². The average Bonchev–Trinajstić information content (AvgIpc) is 1.83. The first-order valence-corrected chi connectivity index (χ1v) is 29.6. The molecule has 0 unspecified atom stereocenters. The van der Waals surface area contributed by atoms with Gasteiger partial charge in [-0.2, -0.15) is 13.2 Å². The van der Waals surface area contributed by atoms with Crippen LogP contribution in [-0.4, -0.2) is 107 Å². The predicted octanol–water partition coefficient (Wildman–Crippen LogP) is 12.0. The maximum atomic E-state index is 14.7. The summed E-state index contributed by atoms with van der Waals surface area (Å²) in [6, 6.07) is 19.8. The maximum Gasteiger partial charge on any atom is 0.339 e. The molecule has 0 atom stereocenters. The van der Waals surface area contributed by atoms with Crippen LogP contribution in [0.2, 0.25) is 0 Å². The fraction of sp³-hybridized carbons (Fsp3) is 0.209. The smallest absolute Gasteiger partial charge is 0.339 e. The van der Waals surface area contributed by atoms with Gasteiger partial charge in [-0.05, 0) is 126 Å². The second-order valence-electron chi connectivity index (χ2n) is 21.1. The van der Waals surface area contributed by atoms with E-state index in [1.165, 1.54) is 59.0 Å². The minimum Gasteiger partial charge on any atom is -0.481 e. The van der Waals surface area contributed by atoms with Crippen molar-refractivity contribution in [1.29, 1.82) is 0 Å². The second-order valence-corrected chi connectivity index (χ2v) is 22.0. The molecule has 12 rings (SSSR count). The Hall–Kier alpha value is -10.6. The topological polar surface area (TPSA) is 246 Å². The minimum absolute atomic E-state index is 0.242. The van der Waals surface area contributed by atoms with Crippen molar-refractivity contribution in [3.8, 4) is 17.6 Å². The Morgan fingerprint density at radius 3 is 1.14 bits per heavy atom. The monoisotopic (exact) mass is 1330 g/mol. The molecule has 476 valence electrons. The molecule has 0 spiro atoms. The largest absolute Gasteiger partial charge is 0.481 e. The molecule has 1 amide bonds. The lowest BCUT2D eigenvalue weighted by atomic mass is 10.0. The van der Waals surface area contributed by atoms with Gasteiger partial charge < -0.3 is 39.2 Å².